The topological polar surface area (TPSA) is 39.1 Å². The number of aromatic nitrogens is 2. The number of nitrogens with one attached hydrogen (secondary N) is 1. The first-order valence-corrected chi connectivity index (χ1v) is 6.16. The van der Waals surface area contributed by atoms with Crippen LogP contribution < -0.4 is 10.1 Å². The van der Waals surface area contributed by atoms with E-state index in [1.807, 2.05) is 14.0 Å². The SMILES string of the molecule is COc1c(CNc2ccc(F)cc2Cl)c(C)nn1C. The average Bonchev–Trinajstić information content (AvgIpc) is 2.62. The molecule has 0 aliphatic carbocycles. The highest BCUT2D eigenvalue weighted by Gasteiger charge is 2.13. The molecule has 6 heteroatoms. The molecule has 0 saturated heterocycles. The number of rotatable bonds is 4. The van der Waals surface area contributed by atoms with Gasteiger partial charge in [-0.15, -0.1) is 0 Å². The molecule has 19 heavy (non-hydrogen) atoms. The molecule has 0 radical (unpaired) electrons. The number of nitrogens with zero attached hydrogens (tertiary/aromatic N) is 2. The Kier molecular flexibility index (Phi) is 3.95. The first kappa shape index (κ1) is 13.7. The summed E-state index contributed by atoms with van der Waals surface area (Å²) in [5.74, 6) is 0.342. The van der Waals surface area contributed by atoms with E-state index in [2.05, 4.69) is 10.4 Å². The van der Waals surface area contributed by atoms with Crippen molar-refractivity contribution in [2.45, 2.75) is 13.5 Å². The molecule has 0 fully saturated rings. The van der Waals surface area contributed by atoms with E-state index in [1.54, 1.807) is 17.9 Å². The second-order valence-electron chi connectivity index (χ2n) is 4.17. The highest BCUT2D eigenvalue weighted by molar-refractivity contribution is 6.33. The highest BCUT2D eigenvalue weighted by atomic mass is 35.5. The molecule has 4 nitrogen and oxygen atoms in total. The Labute approximate surface area is 116 Å². The molecule has 1 N–H and O–H groups in total. The first-order chi connectivity index (χ1) is 9.02. The standard InChI is InChI=1S/C13H15ClFN3O/c1-8-10(13(19-3)18(2)17-8)7-16-12-5-4-9(15)6-11(12)14/h4-6,16H,7H2,1-3H3. The smallest absolute Gasteiger partial charge is 0.216 e. The summed E-state index contributed by atoms with van der Waals surface area (Å²) in [4.78, 5) is 0. The number of methoxy groups -OCH3 is 1. The minimum absolute atomic E-state index is 0.348. The maximum atomic E-state index is 13.0. The molecule has 2 rings (SSSR count). The zero-order valence-electron chi connectivity index (χ0n) is 11.0. The summed E-state index contributed by atoms with van der Waals surface area (Å²) in [6.45, 7) is 2.42. The monoisotopic (exact) mass is 283 g/mol. The molecular weight excluding hydrogens is 269 g/mol. The van der Waals surface area contributed by atoms with E-state index in [-0.39, 0.29) is 5.82 Å². The second-order valence-corrected chi connectivity index (χ2v) is 4.58. The van der Waals surface area contributed by atoms with Gasteiger partial charge in [-0.1, -0.05) is 11.6 Å². The second kappa shape index (κ2) is 5.48. The number of aryl methyl sites for hydroxylation is 2. The van der Waals surface area contributed by atoms with E-state index in [4.69, 9.17) is 16.3 Å². The van der Waals surface area contributed by atoms with Crippen LogP contribution in [0.4, 0.5) is 10.1 Å². The number of benzene rings is 1. The van der Waals surface area contributed by atoms with Crippen molar-refractivity contribution in [3.63, 3.8) is 0 Å². The summed E-state index contributed by atoms with van der Waals surface area (Å²) in [7, 11) is 3.42. The summed E-state index contributed by atoms with van der Waals surface area (Å²) >= 11 is 5.96. The van der Waals surface area contributed by atoms with Gasteiger partial charge in [0.2, 0.25) is 5.88 Å². The average molecular weight is 284 g/mol. The number of ether oxygens (including phenoxy) is 1. The molecule has 0 aliphatic rings. The molecule has 0 bridgehead atoms. The Balaban J connectivity index is 2.19. The van der Waals surface area contributed by atoms with Crippen molar-refractivity contribution >= 4 is 17.3 Å². The van der Waals surface area contributed by atoms with Crippen molar-refractivity contribution in [3.8, 4) is 5.88 Å². The summed E-state index contributed by atoms with van der Waals surface area (Å²) in [5, 5.41) is 7.79. The van der Waals surface area contributed by atoms with Gasteiger partial charge in [0, 0.05) is 13.6 Å². The van der Waals surface area contributed by atoms with Gasteiger partial charge >= 0.3 is 0 Å². The third kappa shape index (κ3) is 2.81. The maximum absolute atomic E-state index is 13.0. The van der Waals surface area contributed by atoms with E-state index in [0.29, 0.717) is 23.1 Å². The van der Waals surface area contributed by atoms with Crippen LogP contribution in [0.5, 0.6) is 5.88 Å². The number of halogens is 2. The lowest BCUT2D eigenvalue weighted by Gasteiger charge is -2.09. The summed E-state index contributed by atoms with van der Waals surface area (Å²) in [6, 6.07) is 4.24. The Morgan fingerprint density at radius 1 is 1.47 bits per heavy atom. The summed E-state index contributed by atoms with van der Waals surface area (Å²) in [5.41, 5.74) is 2.50. The molecule has 0 spiro atoms. The Hall–Kier alpha value is -1.75. The summed E-state index contributed by atoms with van der Waals surface area (Å²) in [6.07, 6.45) is 0. The third-order valence-electron chi connectivity index (χ3n) is 2.87. The van der Waals surface area contributed by atoms with Crippen LogP contribution in [0.2, 0.25) is 5.02 Å². The first-order valence-electron chi connectivity index (χ1n) is 5.78. The minimum Gasteiger partial charge on any atom is -0.481 e. The highest BCUT2D eigenvalue weighted by Crippen LogP contribution is 2.26. The Morgan fingerprint density at radius 3 is 2.84 bits per heavy atom. The summed E-state index contributed by atoms with van der Waals surface area (Å²) < 4.78 is 19.9. The van der Waals surface area contributed by atoms with Crippen LogP contribution >= 0.6 is 11.6 Å². The number of hydrogen-bond acceptors (Lipinski definition) is 3. The van der Waals surface area contributed by atoms with Crippen LogP contribution in [0.25, 0.3) is 0 Å². The van der Waals surface area contributed by atoms with E-state index in [1.165, 1.54) is 12.1 Å². The zero-order valence-corrected chi connectivity index (χ0v) is 11.8. The van der Waals surface area contributed by atoms with Crippen molar-refractivity contribution in [1.29, 1.82) is 0 Å². The molecular formula is C13H15ClFN3O. The maximum Gasteiger partial charge on any atom is 0.216 e. The molecule has 2 aromatic rings. The van der Waals surface area contributed by atoms with Crippen LogP contribution in [-0.4, -0.2) is 16.9 Å². The van der Waals surface area contributed by atoms with Crippen LogP contribution in [0.15, 0.2) is 18.2 Å². The Morgan fingerprint density at radius 2 is 2.21 bits per heavy atom. The predicted octanol–water partition coefficient (Wildman–Crippen LogP) is 3.14. The van der Waals surface area contributed by atoms with Gasteiger partial charge in [0.05, 0.1) is 29.1 Å². The van der Waals surface area contributed by atoms with Gasteiger partial charge in [-0.05, 0) is 25.1 Å². The fourth-order valence-corrected chi connectivity index (χ4v) is 2.19. The van der Waals surface area contributed by atoms with E-state index in [9.17, 15) is 4.39 Å². The normalized spacial score (nSPS) is 10.6. The lowest BCUT2D eigenvalue weighted by atomic mass is 10.2. The van der Waals surface area contributed by atoms with Crippen molar-refractivity contribution in [3.05, 3.63) is 40.3 Å². The molecule has 1 heterocycles. The minimum atomic E-state index is -0.356. The predicted molar refractivity (Wildman–Crippen MR) is 73.2 cm³/mol. The van der Waals surface area contributed by atoms with Crippen LogP contribution in [0, 0.1) is 12.7 Å². The number of hydrogen-bond donors (Lipinski definition) is 1. The van der Waals surface area contributed by atoms with Gasteiger partial charge in [-0.25, -0.2) is 9.07 Å². The molecule has 1 aromatic carbocycles. The van der Waals surface area contributed by atoms with E-state index in [0.717, 1.165) is 11.3 Å². The van der Waals surface area contributed by atoms with Gasteiger partial charge in [-0.3, -0.25) is 0 Å². The van der Waals surface area contributed by atoms with Crippen LogP contribution in [-0.2, 0) is 13.6 Å². The largest absolute Gasteiger partial charge is 0.481 e. The van der Waals surface area contributed by atoms with Crippen molar-refractivity contribution in [2.75, 3.05) is 12.4 Å². The van der Waals surface area contributed by atoms with Gasteiger partial charge in [0.15, 0.2) is 0 Å². The molecule has 0 aliphatic heterocycles. The third-order valence-corrected chi connectivity index (χ3v) is 3.18. The van der Waals surface area contributed by atoms with Gasteiger partial charge in [-0.2, -0.15) is 5.10 Å². The lowest BCUT2D eigenvalue weighted by Crippen LogP contribution is -2.03. The van der Waals surface area contributed by atoms with Crippen LogP contribution in [0.1, 0.15) is 11.3 Å². The quantitative estimate of drug-likeness (QED) is 0.937. The fourth-order valence-electron chi connectivity index (χ4n) is 1.96. The van der Waals surface area contributed by atoms with Gasteiger partial charge in [0.1, 0.15) is 5.82 Å². The molecule has 0 atom stereocenters. The lowest BCUT2D eigenvalue weighted by molar-refractivity contribution is 0.370. The van der Waals surface area contributed by atoms with Crippen molar-refractivity contribution in [2.24, 2.45) is 7.05 Å². The van der Waals surface area contributed by atoms with Gasteiger partial charge < -0.3 is 10.1 Å². The number of anilines is 1. The van der Waals surface area contributed by atoms with Crippen molar-refractivity contribution < 1.29 is 9.13 Å². The zero-order chi connectivity index (χ0) is 14.0. The molecule has 0 amide bonds. The molecule has 0 unspecified atom stereocenters. The fraction of sp³-hybridized carbons (Fsp3) is 0.308. The van der Waals surface area contributed by atoms with Gasteiger partial charge in [0.25, 0.3) is 0 Å². The Bertz CT molecular complexity index is 598. The molecule has 1 aromatic heterocycles. The van der Waals surface area contributed by atoms with Crippen LogP contribution in [0.3, 0.4) is 0 Å². The van der Waals surface area contributed by atoms with E-state index >= 15 is 0 Å². The van der Waals surface area contributed by atoms with Crippen molar-refractivity contribution in [1.82, 2.24) is 9.78 Å². The molecule has 102 valence electrons. The molecule has 0 saturated carbocycles. The van der Waals surface area contributed by atoms with E-state index < -0.39 is 0 Å².